The van der Waals surface area contributed by atoms with Crippen LogP contribution in [0.4, 0.5) is 0 Å². The predicted octanol–water partition coefficient (Wildman–Crippen LogP) is 12.5. The Morgan fingerprint density at radius 3 is 1.90 bits per heavy atom. The van der Waals surface area contributed by atoms with E-state index in [-0.39, 0.29) is 43.2 Å². The molecule has 0 saturated heterocycles. The molecule has 0 aliphatic rings. The summed E-state index contributed by atoms with van der Waals surface area (Å²) in [5.41, 5.74) is -0.283. The van der Waals surface area contributed by atoms with E-state index in [1.807, 2.05) is 30.3 Å². The molecule has 0 aliphatic carbocycles. The van der Waals surface area contributed by atoms with Crippen LogP contribution in [0.15, 0.2) is 168 Å². The Kier molecular flexibility index (Phi) is 4.02. The Balaban J connectivity index is 1.20. The summed E-state index contributed by atoms with van der Waals surface area (Å²) < 4.78 is 140. The smallest absolute Gasteiger partial charge is 0.164 e. The maximum absolute atomic E-state index is 9.51. The fraction of sp³-hybridized carbons (Fsp3) is 0. The van der Waals surface area contributed by atoms with Crippen LogP contribution in [-0.4, -0.2) is 15.0 Å². The van der Waals surface area contributed by atoms with Crippen molar-refractivity contribution in [1.29, 1.82) is 0 Å². The topological polar surface area (TPSA) is 51.8 Å². The third-order valence-electron chi connectivity index (χ3n) is 8.16. The summed E-state index contributed by atoms with van der Waals surface area (Å²) in [7, 11) is 0. The molecule has 0 spiro atoms. The monoisotopic (exact) mass is 672 g/mol. The molecule has 50 heavy (non-hydrogen) atoms. The lowest BCUT2D eigenvalue weighted by molar-refractivity contribution is 0.669. The van der Waals surface area contributed by atoms with Gasteiger partial charge in [0, 0.05) is 47.6 Å². The van der Waals surface area contributed by atoms with Gasteiger partial charge in [-0.3, -0.25) is 0 Å². The third kappa shape index (κ3) is 4.95. The molecule has 234 valence electrons. The van der Waals surface area contributed by atoms with E-state index in [0.717, 1.165) is 22.1 Å². The Labute approximate surface area is 313 Å². The molecule has 10 aromatic rings. The zero-order chi connectivity index (χ0) is 46.1. The van der Waals surface area contributed by atoms with Crippen molar-refractivity contribution in [2.75, 3.05) is 0 Å². The summed E-state index contributed by atoms with van der Waals surface area (Å²) in [6.45, 7) is 0. The highest BCUT2D eigenvalue weighted by Crippen LogP contribution is 2.37. The molecule has 0 aliphatic heterocycles. The standard InChI is InChI=1S/C45H27N3OS/c1-2-9-30(10-3-1)43-46-44(48-45(47-43)34-21-23-36-35-13-4-6-15-39(35)49-40(36)27-34)33-12-8-11-31(25-33)28-17-19-29(20-18-28)32-22-24-42-38(26-32)37-14-5-7-16-41(37)50-42/h1-27H/i5D,7D,8D,11D,12D,14D,16D,17D,18D,19D,20D,22D,24D,25D,26D. The number of rotatable bonds is 5. The van der Waals surface area contributed by atoms with Crippen molar-refractivity contribution in [3.8, 4) is 56.4 Å². The Bertz CT molecular complexity index is 3710. The summed E-state index contributed by atoms with van der Waals surface area (Å²) in [4.78, 5) is 14.1. The van der Waals surface area contributed by atoms with Crippen molar-refractivity contribution >= 4 is 53.4 Å². The van der Waals surface area contributed by atoms with Crippen LogP contribution in [0, 0.1) is 0 Å². The lowest BCUT2D eigenvalue weighted by atomic mass is 9.98. The van der Waals surface area contributed by atoms with Crippen LogP contribution in [0.3, 0.4) is 0 Å². The maximum atomic E-state index is 9.51. The second-order valence-electron chi connectivity index (χ2n) is 11.2. The van der Waals surface area contributed by atoms with E-state index in [2.05, 4.69) is 4.98 Å². The molecule has 0 fully saturated rings. The first-order valence-electron chi connectivity index (χ1n) is 22.9. The molecule has 0 unspecified atom stereocenters. The van der Waals surface area contributed by atoms with Gasteiger partial charge in [0.1, 0.15) is 11.2 Å². The summed E-state index contributed by atoms with van der Waals surface area (Å²) in [6.07, 6.45) is 0. The predicted molar refractivity (Wildman–Crippen MR) is 207 cm³/mol. The van der Waals surface area contributed by atoms with Crippen molar-refractivity contribution < 1.29 is 25.0 Å². The second-order valence-corrected chi connectivity index (χ2v) is 12.3. The minimum absolute atomic E-state index is 0.00768. The van der Waals surface area contributed by atoms with E-state index in [0.29, 0.717) is 22.3 Å². The van der Waals surface area contributed by atoms with Gasteiger partial charge >= 0.3 is 0 Å². The van der Waals surface area contributed by atoms with Crippen molar-refractivity contribution in [2.45, 2.75) is 0 Å². The summed E-state index contributed by atoms with van der Waals surface area (Å²) in [5, 5.41) is 1.55. The summed E-state index contributed by atoms with van der Waals surface area (Å²) in [5.74, 6) is 0.0108. The first kappa shape index (κ1) is 17.3. The molecule has 3 heterocycles. The van der Waals surface area contributed by atoms with Crippen LogP contribution in [0.5, 0.6) is 0 Å². The van der Waals surface area contributed by atoms with Gasteiger partial charge in [0.2, 0.25) is 0 Å². The number of hydrogen-bond acceptors (Lipinski definition) is 5. The number of nitrogens with zero attached hydrogens (tertiary/aromatic N) is 3. The Morgan fingerprint density at radius 1 is 0.420 bits per heavy atom. The second kappa shape index (κ2) is 11.6. The molecular formula is C45H27N3OS. The van der Waals surface area contributed by atoms with E-state index in [9.17, 15) is 8.22 Å². The molecule has 0 saturated carbocycles. The maximum Gasteiger partial charge on any atom is 0.164 e. The van der Waals surface area contributed by atoms with E-state index in [1.165, 1.54) is 0 Å². The van der Waals surface area contributed by atoms with Crippen LogP contribution in [0.25, 0.3) is 98.5 Å². The van der Waals surface area contributed by atoms with Gasteiger partial charge in [-0.2, -0.15) is 0 Å². The Morgan fingerprint density at radius 2 is 1.06 bits per heavy atom. The lowest BCUT2D eigenvalue weighted by Crippen LogP contribution is -2.00. The SMILES string of the molecule is [2H]c1c([2H])c(-c2nc(-c3ccccc3)nc(-c3ccc4c(c3)oc3ccccc34)n2)c([2H])c(-c2c([2H])c([2H])c(-c3c([2H])c([2H])c4sc5c([2H])c([2H])c([2H])c([2H])c5c4c3[2H])c([2H])c2[2H])c1[2H]. The number of furan rings is 1. The number of para-hydroxylation sites is 1. The molecule has 0 atom stereocenters. The van der Waals surface area contributed by atoms with Gasteiger partial charge in [-0.05, 0) is 64.6 Å². The van der Waals surface area contributed by atoms with Crippen molar-refractivity contribution in [3.05, 3.63) is 163 Å². The molecule has 7 aromatic carbocycles. The summed E-state index contributed by atoms with van der Waals surface area (Å²) >= 11 is 0.804. The van der Waals surface area contributed by atoms with Gasteiger partial charge in [0.05, 0.1) is 20.6 Å². The average molecular weight is 673 g/mol. The minimum Gasteiger partial charge on any atom is -0.456 e. The fourth-order valence-electron chi connectivity index (χ4n) is 5.77. The summed E-state index contributed by atoms with van der Waals surface area (Å²) in [6, 6.07) is 12.1. The Hall–Kier alpha value is -6.43. The highest BCUT2D eigenvalue weighted by Gasteiger charge is 2.15. The highest BCUT2D eigenvalue weighted by molar-refractivity contribution is 7.25. The number of fused-ring (bicyclic) bond motifs is 6. The fourth-order valence-corrected chi connectivity index (χ4v) is 6.69. The molecule has 4 nitrogen and oxygen atoms in total. The molecule has 0 N–H and O–H groups in total. The number of thiophene rings is 1. The molecule has 0 radical (unpaired) electrons. The van der Waals surface area contributed by atoms with Crippen LogP contribution >= 0.6 is 11.3 Å². The quantitative estimate of drug-likeness (QED) is 0.183. The van der Waals surface area contributed by atoms with Gasteiger partial charge in [-0.25, -0.2) is 15.0 Å². The third-order valence-corrected chi connectivity index (χ3v) is 9.18. The van der Waals surface area contributed by atoms with Gasteiger partial charge in [-0.1, -0.05) is 121 Å². The van der Waals surface area contributed by atoms with Crippen LogP contribution in [0.2, 0.25) is 0 Å². The van der Waals surface area contributed by atoms with E-state index < -0.39 is 113 Å². The highest BCUT2D eigenvalue weighted by atomic mass is 32.1. The molecule has 3 aromatic heterocycles. The largest absolute Gasteiger partial charge is 0.456 e. The van der Waals surface area contributed by atoms with Gasteiger partial charge in [0.25, 0.3) is 0 Å². The first-order valence-corrected chi connectivity index (χ1v) is 16.2. The van der Waals surface area contributed by atoms with E-state index in [4.69, 9.17) is 26.7 Å². The zero-order valence-corrected chi connectivity index (χ0v) is 26.4. The normalized spacial score (nSPS) is 15.8. The van der Waals surface area contributed by atoms with Gasteiger partial charge in [-0.15, -0.1) is 11.3 Å². The first-order chi connectivity index (χ1) is 31.0. The number of hydrogen-bond donors (Lipinski definition) is 0. The molecule has 5 heteroatoms. The average Bonchev–Trinajstić information content (AvgIpc) is 3.90. The lowest BCUT2D eigenvalue weighted by Gasteiger charge is -2.10. The zero-order valence-electron chi connectivity index (χ0n) is 40.6. The van der Waals surface area contributed by atoms with Crippen LogP contribution in [0.1, 0.15) is 20.6 Å². The van der Waals surface area contributed by atoms with Crippen molar-refractivity contribution in [2.24, 2.45) is 0 Å². The van der Waals surface area contributed by atoms with E-state index in [1.54, 1.807) is 42.5 Å². The van der Waals surface area contributed by atoms with Crippen molar-refractivity contribution in [1.82, 2.24) is 15.0 Å². The van der Waals surface area contributed by atoms with Crippen molar-refractivity contribution in [3.63, 3.8) is 0 Å². The number of benzene rings is 7. The molecular weight excluding hydrogens is 631 g/mol. The van der Waals surface area contributed by atoms with Crippen LogP contribution < -0.4 is 0 Å². The molecule has 0 amide bonds. The molecule has 10 rings (SSSR count). The number of aromatic nitrogens is 3. The molecule has 0 bridgehead atoms. The minimum atomic E-state index is -0.811. The van der Waals surface area contributed by atoms with Crippen LogP contribution in [-0.2, 0) is 0 Å². The van der Waals surface area contributed by atoms with Gasteiger partial charge < -0.3 is 4.42 Å². The van der Waals surface area contributed by atoms with E-state index >= 15 is 0 Å². The van der Waals surface area contributed by atoms with Gasteiger partial charge in [0.15, 0.2) is 17.5 Å².